The molecule has 5 rings (SSSR count). The Morgan fingerprint density at radius 3 is 1.19 bits per heavy atom. The van der Waals surface area contributed by atoms with Gasteiger partial charge < -0.3 is 19.4 Å². The molecule has 2 N–H and O–H groups in total. The Balaban J connectivity index is 1.40. The van der Waals surface area contributed by atoms with E-state index < -0.39 is 0 Å². The maximum atomic E-state index is 5.26. The van der Waals surface area contributed by atoms with Gasteiger partial charge in [-0.05, 0) is 101 Å². The van der Waals surface area contributed by atoms with Crippen molar-refractivity contribution in [1.29, 1.82) is 0 Å². The van der Waals surface area contributed by atoms with Gasteiger partial charge in [0.05, 0.1) is 14.2 Å². The fourth-order valence-electron chi connectivity index (χ4n) is 3.86. The monoisotopic (exact) mass is 420 g/mol. The van der Waals surface area contributed by atoms with Crippen LogP contribution >= 0.6 is 0 Å². The largest absolute Gasteiger partial charge is 0.497 e. The number of aromatic nitrogens is 2. The van der Waals surface area contributed by atoms with Crippen molar-refractivity contribution >= 4 is 0 Å². The third-order valence-electron chi connectivity index (χ3n) is 5.66. The molecule has 5 aromatic rings. The molecule has 4 nitrogen and oxygen atoms in total. The Kier molecular flexibility index (Phi) is 5.26. The second kappa shape index (κ2) is 8.52. The van der Waals surface area contributed by atoms with Crippen molar-refractivity contribution in [3.05, 3.63) is 97.1 Å². The van der Waals surface area contributed by atoms with Crippen LogP contribution in [0.15, 0.2) is 97.1 Å². The van der Waals surface area contributed by atoms with Gasteiger partial charge in [0.2, 0.25) is 0 Å². The standard InChI is InChI=1S/C28H24N2O2/c1-31-23-10-6-19(7-11-23)25-14-16-27(29-25)21-4-3-5-22(18-21)28-17-15-26(30-28)20-8-12-24(32-2)13-9-20/h3-18,29-30H,1-2H3. The highest BCUT2D eigenvalue weighted by Gasteiger charge is 2.08. The van der Waals surface area contributed by atoms with Crippen LogP contribution in [0.1, 0.15) is 0 Å². The molecular weight excluding hydrogens is 396 g/mol. The molecule has 0 aliphatic rings. The van der Waals surface area contributed by atoms with Gasteiger partial charge in [-0.3, -0.25) is 0 Å². The first-order chi connectivity index (χ1) is 15.7. The number of H-pyrrole nitrogens is 2. The number of benzene rings is 3. The van der Waals surface area contributed by atoms with E-state index in [-0.39, 0.29) is 0 Å². The molecule has 0 saturated heterocycles. The number of rotatable bonds is 6. The Labute approximate surface area is 187 Å². The van der Waals surface area contributed by atoms with Gasteiger partial charge in [0.1, 0.15) is 11.5 Å². The van der Waals surface area contributed by atoms with E-state index in [1.807, 2.05) is 24.3 Å². The van der Waals surface area contributed by atoms with E-state index in [0.717, 1.165) is 56.5 Å². The van der Waals surface area contributed by atoms with Crippen LogP contribution in [-0.4, -0.2) is 24.2 Å². The third-order valence-corrected chi connectivity index (χ3v) is 5.66. The second-order valence-electron chi connectivity index (χ2n) is 7.61. The molecule has 0 amide bonds. The third kappa shape index (κ3) is 3.91. The molecule has 2 heterocycles. The molecule has 0 aliphatic carbocycles. The number of nitrogens with one attached hydrogen (secondary N) is 2. The maximum absolute atomic E-state index is 5.26. The highest BCUT2D eigenvalue weighted by Crippen LogP contribution is 2.30. The molecule has 0 saturated carbocycles. The van der Waals surface area contributed by atoms with Crippen molar-refractivity contribution in [2.24, 2.45) is 0 Å². The van der Waals surface area contributed by atoms with Crippen LogP contribution in [0.5, 0.6) is 11.5 Å². The van der Waals surface area contributed by atoms with E-state index in [1.54, 1.807) is 14.2 Å². The summed E-state index contributed by atoms with van der Waals surface area (Å²) in [6, 6.07) is 33.1. The number of ether oxygens (including phenoxy) is 2. The van der Waals surface area contributed by atoms with Crippen LogP contribution < -0.4 is 9.47 Å². The van der Waals surface area contributed by atoms with Crippen molar-refractivity contribution in [3.63, 3.8) is 0 Å². The zero-order valence-electron chi connectivity index (χ0n) is 18.1. The van der Waals surface area contributed by atoms with Crippen molar-refractivity contribution in [1.82, 2.24) is 9.97 Å². The summed E-state index contributed by atoms with van der Waals surface area (Å²) >= 11 is 0. The van der Waals surface area contributed by atoms with Crippen LogP contribution in [0.3, 0.4) is 0 Å². The van der Waals surface area contributed by atoms with Crippen LogP contribution in [0.25, 0.3) is 45.0 Å². The number of hydrogen-bond acceptors (Lipinski definition) is 2. The summed E-state index contributed by atoms with van der Waals surface area (Å²) in [5.41, 5.74) is 8.86. The fraction of sp³-hybridized carbons (Fsp3) is 0.0714. The van der Waals surface area contributed by atoms with E-state index in [2.05, 4.69) is 82.8 Å². The Morgan fingerprint density at radius 2 is 0.812 bits per heavy atom. The summed E-state index contributed by atoms with van der Waals surface area (Å²) in [6.45, 7) is 0. The molecule has 0 aliphatic heterocycles. The topological polar surface area (TPSA) is 50.0 Å². The molecule has 0 unspecified atom stereocenters. The lowest BCUT2D eigenvalue weighted by atomic mass is 10.1. The van der Waals surface area contributed by atoms with Gasteiger partial charge in [-0.2, -0.15) is 0 Å². The minimum absolute atomic E-state index is 0.855. The lowest BCUT2D eigenvalue weighted by Gasteiger charge is -2.05. The Hall–Kier alpha value is -4.18. The molecule has 3 aromatic carbocycles. The van der Waals surface area contributed by atoms with Crippen LogP contribution in [0.2, 0.25) is 0 Å². The predicted molar refractivity (Wildman–Crippen MR) is 130 cm³/mol. The molecule has 32 heavy (non-hydrogen) atoms. The van der Waals surface area contributed by atoms with Gasteiger partial charge in [0, 0.05) is 22.8 Å². The summed E-state index contributed by atoms with van der Waals surface area (Å²) in [4.78, 5) is 7.08. The summed E-state index contributed by atoms with van der Waals surface area (Å²) in [7, 11) is 3.36. The van der Waals surface area contributed by atoms with E-state index in [0.29, 0.717) is 0 Å². The normalized spacial score (nSPS) is 10.8. The summed E-state index contributed by atoms with van der Waals surface area (Å²) in [5, 5.41) is 0. The zero-order chi connectivity index (χ0) is 21.9. The summed E-state index contributed by atoms with van der Waals surface area (Å²) in [6.07, 6.45) is 0. The van der Waals surface area contributed by atoms with Crippen molar-refractivity contribution < 1.29 is 9.47 Å². The predicted octanol–water partition coefficient (Wildman–Crippen LogP) is 7.03. The molecule has 2 aromatic heterocycles. The minimum Gasteiger partial charge on any atom is -0.497 e. The number of aromatic amines is 2. The van der Waals surface area contributed by atoms with E-state index >= 15 is 0 Å². The first kappa shape index (κ1) is 19.8. The highest BCUT2D eigenvalue weighted by molar-refractivity contribution is 5.75. The molecule has 158 valence electrons. The molecule has 0 atom stereocenters. The van der Waals surface area contributed by atoms with Crippen LogP contribution in [0, 0.1) is 0 Å². The zero-order valence-corrected chi connectivity index (χ0v) is 18.1. The van der Waals surface area contributed by atoms with Gasteiger partial charge in [-0.1, -0.05) is 18.2 Å². The molecule has 0 bridgehead atoms. The lowest BCUT2D eigenvalue weighted by Crippen LogP contribution is -1.85. The SMILES string of the molecule is COc1ccc(-c2ccc(-c3cccc(-c4ccc(-c5ccc(OC)cc5)[nH]4)c3)[nH]2)cc1. The van der Waals surface area contributed by atoms with Gasteiger partial charge in [-0.15, -0.1) is 0 Å². The first-order valence-corrected chi connectivity index (χ1v) is 10.5. The van der Waals surface area contributed by atoms with E-state index in [1.165, 1.54) is 0 Å². The summed E-state index contributed by atoms with van der Waals surface area (Å²) in [5.74, 6) is 1.71. The number of hydrogen-bond donors (Lipinski definition) is 2. The second-order valence-corrected chi connectivity index (χ2v) is 7.61. The molecular formula is C28H24N2O2. The van der Waals surface area contributed by atoms with Gasteiger partial charge in [0.15, 0.2) is 0 Å². The minimum atomic E-state index is 0.855. The van der Waals surface area contributed by atoms with E-state index in [9.17, 15) is 0 Å². The highest BCUT2D eigenvalue weighted by atomic mass is 16.5. The van der Waals surface area contributed by atoms with Crippen molar-refractivity contribution in [2.75, 3.05) is 14.2 Å². The molecule has 0 radical (unpaired) electrons. The van der Waals surface area contributed by atoms with Crippen molar-refractivity contribution in [2.45, 2.75) is 0 Å². The van der Waals surface area contributed by atoms with E-state index in [4.69, 9.17) is 9.47 Å². The smallest absolute Gasteiger partial charge is 0.118 e. The lowest BCUT2D eigenvalue weighted by molar-refractivity contribution is 0.415. The Bertz CT molecular complexity index is 1230. The summed E-state index contributed by atoms with van der Waals surface area (Å²) < 4.78 is 10.5. The Morgan fingerprint density at radius 1 is 0.438 bits per heavy atom. The van der Waals surface area contributed by atoms with Crippen LogP contribution in [-0.2, 0) is 0 Å². The fourth-order valence-corrected chi connectivity index (χ4v) is 3.86. The molecule has 4 heteroatoms. The average molecular weight is 421 g/mol. The van der Waals surface area contributed by atoms with Gasteiger partial charge in [0.25, 0.3) is 0 Å². The molecule has 0 fully saturated rings. The quantitative estimate of drug-likeness (QED) is 0.310. The first-order valence-electron chi connectivity index (χ1n) is 10.5. The van der Waals surface area contributed by atoms with Crippen LogP contribution in [0.4, 0.5) is 0 Å². The maximum Gasteiger partial charge on any atom is 0.118 e. The van der Waals surface area contributed by atoms with Crippen molar-refractivity contribution in [3.8, 4) is 56.5 Å². The van der Waals surface area contributed by atoms with Gasteiger partial charge >= 0.3 is 0 Å². The molecule has 0 spiro atoms. The number of methoxy groups -OCH3 is 2. The average Bonchev–Trinajstić information content (AvgIpc) is 3.55. The van der Waals surface area contributed by atoms with Gasteiger partial charge in [-0.25, -0.2) is 0 Å².